The molecule has 3 rings (SSSR count). The van der Waals surface area contributed by atoms with Gasteiger partial charge in [-0.3, -0.25) is 4.79 Å². The summed E-state index contributed by atoms with van der Waals surface area (Å²) < 4.78 is 0. The summed E-state index contributed by atoms with van der Waals surface area (Å²) in [6.45, 7) is 13.3. The number of aryl methyl sites for hydroxylation is 1. The summed E-state index contributed by atoms with van der Waals surface area (Å²) >= 11 is 0. The molecule has 132 valence electrons. The summed E-state index contributed by atoms with van der Waals surface area (Å²) in [4.78, 5) is 26.3. The normalized spacial score (nSPS) is 21.5. The average Bonchev–Trinajstić information content (AvgIpc) is 2.55. The molecule has 3 heterocycles. The van der Waals surface area contributed by atoms with Crippen LogP contribution in [0.15, 0.2) is 0 Å². The van der Waals surface area contributed by atoms with Gasteiger partial charge in [0.15, 0.2) is 11.6 Å². The minimum absolute atomic E-state index is 0.0112. The minimum Gasteiger partial charge on any atom is -0.356 e. The number of likely N-dealkylation sites (N-methyl/N-ethyl adjacent to an activating group) is 1. The molecular weight excluding hydrogens is 304 g/mol. The Kier molecular flexibility index (Phi) is 4.89. The zero-order chi connectivity index (χ0) is 17.3. The van der Waals surface area contributed by atoms with Crippen molar-refractivity contribution in [3.63, 3.8) is 0 Å². The Morgan fingerprint density at radius 3 is 2.54 bits per heavy atom. The maximum Gasteiger partial charge on any atom is 0.247 e. The number of piperazine rings is 1. The highest BCUT2D eigenvalue weighted by molar-refractivity contribution is 6.05. The van der Waals surface area contributed by atoms with E-state index in [1.807, 2.05) is 6.92 Å². The van der Waals surface area contributed by atoms with Crippen molar-refractivity contribution in [2.45, 2.75) is 40.2 Å². The predicted octanol–water partition coefficient (Wildman–Crippen LogP) is 1.71. The summed E-state index contributed by atoms with van der Waals surface area (Å²) in [5, 5.41) is 6.37. The third kappa shape index (κ3) is 3.45. The topological polar surface area (TPSA) is 73.4 Å². The molecule has 1 amide bonds. The molecule has 1 fully saturated rings. The van der Waals surface area contributed by atoms with Crippen LogP contribution in [-0.2, 0) is 4.79 Å². The van der Waals surface area contributed by atoms with Gasteiger partial charge in [-0.1, -0.05) is 20.8 Å². The average molecular weight is 332 g/mol. The molecule has 2 N–H and O–H groups in total. The first kappa shape index (κ1) is 17.0. The molecule has 2 aliphatic rings. The van der Waals surface area contributed by atoms with Crippen LogP contribution in [0.2, 0.25) is 0 Å². The second-order valence-corrected chi connectivity index (χ2v) is 7.06. The quantitative estimate of drug-likeness (QED) is 0.874. The first-order valence-electron chi connectivity index (χ1n) is 8.91. The lowest BCUT2D eigenvalue weighted by Crippen LogP contribution is -2.47. The molecule has 0 spiro atoms. The van der Waals surface area contributed by atoms with E-state index in [0.717, 1.165) is 62.3 Å². The molecule has 2 aliphatic heterocycles. The van der Waals surface area contributed by atoms with Gasteiger partial charge >= 0.3 is 0 Å². The summed E-state index contributed by atoms with van der Waals surface area (Å²) in [6.07, 6.45) is 0.791. The molecule has 24 heavy (non-hydrogen) atoms. The number of carbonyl (C=O) groups is 1. The molecule has 0 aliphatic carbocycles. The van der Waals surface area contributed by atoms with Crippen LogP contribution in [0.3, 0.4) is 0 Å². The molecule has 7 heteroatoms. The standard InChI is InChI=1S/C17H28N6O/c1-5-22-6-8-23(9-7-22)16-14-15(18-12(4)19-16)20-13(10-11(2)3)17(24)21-14/h11,13H,5-10H2,1-4H3,(H,21,24)(H,18,19,20). The van der Waals surface area contributed by atoms with Gasteiger partial charge in [-0.05, 0) is 25.8 Å². The molecule has 7 nitrogen and oxygen atoms in total. The Balaban J connectivity index is 1.85. The summed E-state index contributed by atoms with van der Waals surface area (Å²) in [5.74, 6) is 2.78. The number of aromatic nitrogens is 2. The Morgan fingerprint density at radius 1 is 1.21 bits per heavy atom. The number of nitrogens with one attached hydrogen (secondary N) is 2. The van der Waals surface area contributed by atoms with Gasteiger partial charge in [0.1, 0.15) is 17.6 Å². The first-order valence-corrected chi connectivity index (χ1v) is 8.91. The highest BCUT2D eigenvalue weighted by Gasteiger charge is 2.31. The van der Waals surface area contributed by atoms with Crippen molar-refractivity contribution in [2.24, 2.45) is 5.92 Å². The second kappa shape index (κ2) is 6.93. The van der Waals surface area contributed by atoms with Gasteiger partial charge in [0.05, 0.1) is 0 Å². The van der Waals surface area contributed by atoms with Crippen molar-refractivity contribution < 1.29 is 4.79 Å². The molecule has 0 bridgehead atoms. The maximum absolute atomic E-state index is 12.5. The van der Waals surface area contributed by atoms with Crippen molar-refractivity contribution >= 4 is 23.2 Å². The zero-order valence-electron chi connectivity index (χ0n) is 15.1. The van der Waals surface area contributed by atoms with E-state index in [4.69, 9.17) is 0 Å². The number of amides is 1. The van der Waals surface area contributed by atoms with Crippen molar-refractivity contribution in [1.82, 2.24) is 14.9 Å². The van der Waals surface area contributed by atoms with Crippen LogP contribution < -0.4 is 15.5 Å². The molecule has 0 radical (unpaired) electrons. The van der Waals surface area contributed by atoms with Crippen LogP contribution in [0.4, 0.5) is 17.3 Å². The van der Waals surface area contributed by atoms with E-state index in [0.29, 0.717) is 5.92 Å². The van der Waals surface area contributed by atoms with E-state index in [1.54, 1.807) is 0 Å². The number of rotatable bonds is 4. The lowest BCUT2D eigenvalue weighted by molar-refractivity contribution is -0.117. The van der Waals surface area contributed by atoms with Crippen LogP contribution in [0, 0.1) is 12.8 Å². The lowest BCUT2D eigenvalue weighted by Gasteiger charge is -2.37. The molecule has 1 atom stereocenters. The number of hydrogen-bond acceptors (Lipinski definition) is 6. The van der Waals surface area contributed by atoms with Crippen LogP contribution >= 0.6 is 0 Å². The monoisotopic (exact) mass is 332 g/mol. The SMILES string of the molecule is CCN1CCN(c2nc(C)nc3c2NC(=O)C(CC(C)C)N3)CC1. The molecular formula is C17H28N6O. The molecule has 1 aromatic rings. The Labute approximate surface area is 143 Å². The van der Waals surface area contributed by atoms with Crippen molar-refractivity contribution in [2.75, 3.05) is 48.3 Å². The van der Waals surface area contributed by atoms with Crippen LogP contribution in [0.5, 0.6) is 0 Å². The number of hydrogen-bond donors (Lipinski definition) is 2. The summed E-state index contributed by atoms with van der Waals surface area (Å²) in [5.41, 5.74) is 0.732. The van der Waals surface area contributed by atoms with E-state index in [9.17, 15) is 4.79 Å². The highest BCUT2D eigenvalue weighted by atomic mass is 16.2. The Hall–Kier alpha value is -1.89. The molecule has 0 aromatic carbocycles. The van der Waals surface area contributed by atoms with Crippen LogP contribution in [0.25, 0.3) is 0 Å². The Morgan fingerprint density at radius 2 is 1.92 bits per heavy atom. The maximum atomic E-state index is 12.5. The van der Waals surface area contributed by atoms with Crippen molar-refractivity contribution in [3.8, 4) is 0 Å². The van der Waals surface area contributed by atoms with Gasteiger partial charge in [0, 0.05) is 26.2 Å². The van der Waals surface area contributed by atoms with Gasteiger partial charge in [0.25, 0.3) is 0 Å². The molecule has 1 unspecified atom stereocenters. The van der Waals surface area contributed by atoms with Gasteiger partial charge < -0.3 is 20.4 Å². The van der Waals surface area contributed by atoms with E-state index >= 15 is 0 Å². The number of carbonyl (C=O) groups excluding carboxylic acids is 1. The smallest absolute Gasteiger partial charge is 0.247 e. The number of fused-ring (bicyclic) bond motifs is 1. The third-order valence-electron chi connectivity index (χ3n) is 4.70. The van der Waals surface area contributed by atoms with E-state index in [1.165, 1.54) is 0 Å². The molecule has 1 aromatic heterocycles. The lowest BCUT2D eigenvalue weighted by atomic mass is 10.0. The highest BCUT2D eigenvalue weighted by Crippen LogP contribution is 2.35. The fourth-order valence-electron chi connectivity index (χ4n) is 3.36. The van der Waals surface area contributed by atoms with Crippen LogP contribution in [-0.4, -0.2) is 59.5 Å². The largest absolute Gasteiger partial charge is 0.356 e. The molecule has 1 saturated heterocycles. The molecule has 0 saturated carbocycles. The summed E-state index contributed by atoms with van der Waals surface area (Å²) in [6, 6.07) is -0.225. The predicted molar refractivity (Wildman–Crippen MR) is 96.6 cm³/mol. The van der Waals surface area contributed by atoms with Gasteiger partial charge in [-0.25, -0.2) is 9.97 Å². The van der Waals surface area contributed by atoms with Gasteiger partial charge in [0.2, 0.25) is 5.91 Å². The number of nitrogens with zero attached hydrogens (tertiary/aromatic N) is 4. The summed E-state index contributed by atoms with van der Waals surface area (Å²) in [7, 11) is 0. The van der Waals surface area contributed by atoms with E-state index in [-0.39, 0.29) is 11.9 Å². The van der Waals surface area contributed by atoms with E-state index in [2.05, 4.69) is 51.2 Å². The van der Waals surface area contributed by atoms with E-state index < -0.39 is 0 Å². The fourth-order valence-corrected chi connectivity index (χ4v) is 3.36. The zero-order valence-corrected chi connectivity index (χ0v) is 15.1. The van der Waals surface area contributed by atoms with Crippen LogP contribution in [0.1, 0.15) is 33.0 Å². The second-order valence-electron chi connectivity index (χ2n) is 7.06. The third-order valence-corrected chi connectivity index (χ3v) is 4.70. The van der Waals surface area contributed by atoms with Crippen molar-refractivity contribution in [3.05, 3.63) is 5.82 Å². The van der Waals surface area contributed by atoms with Gasteiger partial charge in [-0.15, -0.1) is 0 Å². The number of anilines is 3. The van der Waals surface area contributed by atoms with Gasteiger partial charge in [-0.2, -0.15) is 0 Å². The Bertz CT molecular complexity index is 609. The van der Waals surface area contributed by atoms with Crippen molar-refractivity contribution in [1.29, 1.82) is 0 Å². The minimum atomic E-state index is -0.225. The first-order chi connectivity index (χ1) is 11.5. The fraction of sp³-hybridized carbons (Fsp3) is 0.706.